The zero-order chi connectivity index (χ0) is 12.3. The molecule has 17 heavy (non-hydrogen) atoms. The van der Waals surface area contributed by atoms with E-state index in [1.807, 2.05) is 6.07 Å². The van der Waals surface area contributed by atoms with Crippen molar-refractivity contribution in [1.29, 1.82) is 0 Å². The number of aliphatic hydroxyl groups excluding tert-OH is 2. The molecule has 0 spiro atoms. The van der Waals surface area contributed by atoms with Gasteiger partial charge >= 0.3 is 0 Å². The summed E-state index contributed by atoms with van der Waals surface area (Å²) in [5, 5.41) is 18.3. The molecule has 0 aliphatic carbocycles. The number of hydrogen-bond donors (Lipinski definition) is 2. The predicted molar refractivity (Wildman–Crippen MR) is 62.0 cm³/mol. The largest absolute Gasteiger partial charge is 0.491 e. The van der Waals surface area contributed by atoms with Crippen LogP contribution in [0.1, 0.15) is 6.42 Å². The van der Waals surface area contributed by atoms with E-state index in [0.717, 1.165) is 0 Å². The van der Waals surface area contributed by atoms with E-state index in [4.69, 9.17) is 9.84 Å². The van der Waals surface area contributed by atoms with E-state index in [1.165, 1.54) is 4.90 Å². The van der Waals surface area contributed by atoms with Gasteiger partial charge in [0.05, 0.1) is 38.0 Å². The normalized spacial score (nSPS) is 17.1. The topological polar surface area (TPSA) is 70.0 Å². The monoisotopic (exact) mass is 237 g/mol. The summed E-state index contributed by atoms with van der Waals surface area (Å²) in [6, 6.07) is 7.18. The van der Waals surface area contributed by atoms with Crippen LogP contribution in [-0.2, 0) is 4.79 Å². The highest BCUT2D eigenvalue weighted by Gasteiger charge is 2.24. The van der Waals surface area contributed by atoms with Crippen molar-refractivity contribution in [3.05, 3.63) is 24.3 Å². The second-order valence-corrected chi connectivity index (χ2v) is 3.91. The van der Waals surface area contributed by atoms with E-state index >= 15 is 0 Å². The van der Waals surface area contributed by atoms with E-state index in [1.54, 1.807) is 18.2 Å². The Kier molecular flexibility index (Phi) is 3.61. The van der Waals surface area contributed by atoms with Crippen molar-refractivity contribution in [2.75, 3.05) is 24.7 Å². The summed E-state index contributed by atoms with van der Waals surface area (Å²) in [5.74, 6) is 0.519. The summed E-state index contributed by atoms with van der Waals surface area (Å²) >= 11 is 0. The van der Waals surface area contributed by atoms with E-state index in [0.29, 0.717) is 18.0 Å². The first-order valence-corrected chi connectivity index (χ1v) is 5.53. The van der Waals surface area contributed by atoms with E-state index < -0.39 is 6.10 Å². The Balaban J connectivity index is 2.30. The fourth-order valence-electron chi connectivity index (χ4n) is 1.79. The molecule has 1 heterocycles. The Morgan fingerprint density at radius 2 is 2.18 bits per heavy atom. The van der Waals surface area contributed by atoms with Gasteiger partial charge in [-0.1, -0.05) is 12.1 Å². The molecule has 0 radical (unpaired) electrons. The van der Waals surface area contributed by atoms with Crippen molar-refractivity contribution in [2.24, 2.45) is 0 Å². The van der Waals surface area contributed by atoms with Crippen LogP contribution in [0.5, 0.6) is 5.75 Å². The fourth-order valence-corrected chi connectivity index (χ4v) is 1.79. The molecule has 92 valence electrons. The van der Waals surface area contributed by atoms with Gasteiger partial charge in [-0.3, -0.25) is 4.79 Å². The molecule has 1 unspecified atom stereocenters. The molecule has 1 aromatic rings. The van der Waals surface area contributed by atoms with Crippen LogP contribution in [-0.4, -0.2) is 42.0 Å². The molecule has 1 aromatic carbocycles. The van der Waals surface area contributed by atoms with Crippen LogP contribution < -0.4 is 9.64 Å². The van der Waals surface area contributed by atoms with Crippen LogP contribution in [0.4, 0.5) is 5.69 Å². The number of para-hydroxylation sites is 2. The lowest BCUT2D eigenvalue weighted by atomic mass is 10.2. The second kappa shape index (κ2) is 5.16. The summed E-state index contributed by atoms with van der Waals surface area (Å²) in [4.78, 5) is 13.3. The van der Waals surface area contributed by atoms with Crippen LogP contribution >= 0.6 is 0 Å². The molecule has 2 rings (SSSR count). The summed E-state index contributed by atoms with van der Waals surface area (Å²) in [7, 11) is 0. The van der Waals surface area contributed by atoms with Crippen LogP contribution in [0.25, 0.3) is 0 Å². The molecule has 1 atom stereocenters. The van der Waals surface area contributed by atoms with Crippen molar-refractivity contribution in [2.45, 2.75) is 12.5 Å². The predicted octanol–water partition coefficient (Wildman–Crippen LogP) is 0.155. The molecular weight excluding hydrogens is 222 g/mol. The number of ether oxygens (including phenoxy) is 1. The number of benzene rings is 1. The van der Waals surface area contributed by atoms with E-state index in [9.17, 15) is 9.90 Å². The molecule has 5 nitrogen and oxygen atoms in total. The van der Waals surface area contributed by atoms with Crippen molar-refractivity contribution in [3.63, 3.8) is 0 Å². The van der Waals surface area contributed by atoms with Crippen LogP contribution in [0.3, 0.4) is 0 Å². The Morgan fingerprint density at radius 1 is 1.41 bits per heavy atom. The lowest BCUT2D eigenvalue weighted by Gasteiger charge is -2.23. The van der Waals surface area contributed by atoms with Gasteiger partial charge in [0, 0.05) is 0 Å². The zero-order valence-electron chi connectivity index (χ0n) is 9.37. The molecule has 1 aliphatic rings. The highest BCUT2D eigenvalue weighted by molar-refractivity contribution is 5.95. The van der Waals surface area contributed by atoms with Gasteiger partial charge in [-0.15, -0.1) is 0 Å². The van der Waals surface area contributed by atoms with Gasteiger partial charge in [-0.25, -0.2) is 0 Å². The summed E-state index contributed by atoms with van der Waals surface area (Å²) in [5.41, 5.74) is 0.641. The van der Waals surface area contributed by atoms with Crippen LogP contribution in [0.2, 0.25) is 0 Å². The number of anilines is 1. The average molecular weight is 237 g/mol. The summed E-state index contributed by atoms with van der Waals surface area (Å²) in [6.07, 6.45) is -0.669. The molecule has 0 saturated heterocycles. The number of rotatable bonds is 3. The van der Waals surface area contributed by atoms with Crippen LogP contribution in [0, 0.1) is 0 Å². The van der Waals surface area contributed by atoms with Gasteiger partial charge in [0.1, 0.15) is 5.75 Å². The second-order valence-electron chi connectivity index (χ2n) is 3.91. The molecule has 0 aromatic heterocycles. The minimum atomic E-state index is -0.940. The average Bonchev–Trinajstić information content (AvgIpc) is 2.50. The molecule has 5 heteroatoms. The molecule has 2 N–H and O–H groups in total. The minimum absolute atomic E-state index is 0.0791. The third-order valence-electron chi connectivity index (χ3n) is 2.63. The Bertz CT molecular complexity index is 407. The lowest BCUT2D eigenvalue weighted by Crippen LogP contribution is -2.38. The van der Waals surface area contributed by atoms with Gasteiger partial charge in [0.2, 0.25) is 5.91 Å². The molecule has 0 fully saturated rings. The SMILES string of the molecule is O=C1CCOc2ccccc2N1CC(O)CO. The van der Waals surface area contributed by atoms with Gasteiger partial charge in [-0.2, -0.15) is 0 Å². The maximum absolute atomic E-state index is 11.9. The number of carbonyl (C=O) groups excluding carboxylic acids is 1. The standard InChI is InChI=1S/C12H15NO4/c14-8-9(15)7-13-10-3-1-2-4-11(10)17-6-5-12(13)16/h1-4,9,14-15H,5-8H2. The Labute approximate surface area is 99.2 Å². The number of hydrogen-bond acceptors (Lipinski definition) is 4. The molecule has 0 saturated carbocycles. The molecule has 1 amide bonds. The Morgan fingerprint density at radius 3 is 2.94 bits per heavy atom. The Hall–Kier alpha value is -1.59. The summed E-state index contributed by atoms with van der Waals surface area (Å²) in [6.45, 7) is 0.0457. The van der Waals surface area contributed by atoms with E-state index in [2.05, 4.69) is 0 Å². The quantitative estimate of drug-likeness (QED) is 0.785. The van der Waals surface area contributed by atoms with Crippen molar-refractivity contribution in [1.82, 2.24) is 0 Å². The molecule has 0 bridgehead atoms. The first-order chi connectivity index (χ1) is 8.22. The fraction of sp³-hybridized carbons (Fsp3) is 0.417. The zero-order valence-corrected chi connectivity index (χ0v) is 9.37. The molecular formula is C12H15NO4. The van der Waals surface area contributed by atoms with Gasteiger partial charge in [-0.05, 0) is 12.1 Å². The number of carbonyl (C=O) groups is 1. The van der Waals surface area contributed by atoms with Crippen LogP contribution in [0.15, 0.2) is 24.3 Å². The maximum Gasteiger partial charge on any atom is 0.230 e. The third kappa shape index (κ3) is 2.57. The van der Waals surface area contributed by atoms with Crippen molar-refractivity contribution in [3.8, 4) is 5.75 Å². The highest BCUT2D eigenvalue weighted by atomic mass is 16.5. The first-order valence-electron chi connectivity index (χ1n) is 5.53. The van der Waals surface area contributed by atoms with Crippen molar-refractivity contribution >= 4 is 11.6 Å². The van der Waals surface area contributed by atoms with Crippen molar-refractivity contribution < 1.29 is 19.7 Å². The third-order valence-corrected chi connectivity index (χ3v) is 2.63. The minimum Gasteiger partial charge on any atom is -0.491 e. The molecule has 1 aliphatic heterocycles. The first kappa shape index (κ1) is 11.9. The highest BCUT2D eigenvalue weighted by Crippen LogP contribution is 2.30. The van der Waals surface area contributed by atoms with Gasteiger partial charge < -0.3 is 19.8 Å². The smallest absolute Gasteiger partial charge is 0.230 e. The van der Waals surface area contributed by atoms with E-state index in [-0.39, 0.29) is 25.5 Å². The summed E-state index contributed by atoms with van der Waals surface area (Å²) < 4.78 is 5.46. The number of nitrogens with zero attached hydrogens (tertiary/aromatic N) is 1. The number of fused-ring (bicyclic) bond motifs is 1. The number of β-amino-alcohol motifs (C(OH)–C–C–N with tert-alkyl or cyclic N) is 1. The lowest BCUT2D eigenvalue weighted by molar-refractivity contribution is -0.119. The van der Waals surface area contributed by atoms with Gasteiger partial charge in [0.25, 0.3) is 0 Å². The number of aliphatic hydroxyl groups is 2. The van der Waals surface area contributed by atoms with Gasteiger partial charge in [0.15, 0.2) is 0 Å². The maximum atomic E-state index is 11.9. The number of amides is 1.